The van der Waals surface area contributed by atoms with Crippen LogP contribution in [0, 0.1) is 0 Å². The summed E-state index contributed by atoms with van der Waals surface area (Å²) in [5.41, 5.74) is 0.642. The highest BCUT2D eigenvalue weighted by Crippen LogP contribution is 2.32. The van der Waals surface area contributed by atoms with E-state index in [1.54, 1.807) is 23.1 Å². The minimum atomic E-state index is -4.28. The van der Waals surface area contributed by atoms with Crippen molar-refractivity contribution in [3.05, 3.63) is 18.2 Å². The van der Waals surface area contributed by atoms with E-state index >= 15 is 0 Å². The van der Waals surface area contributed by atoms with Crippen molar-refractivity contribution in [2.45, 2.75) is 19.0 Å². The number of benzene rings is 1. The van der Waals surface area contributed by atoms with Crippen LogP contribution in [0.4, 0.5) is 23.7 Å². The monoisotopic (exact) mass is 417 g/mol. The Morgan fingerprint density at radius 3 is 2.55 bits per heavy atom. The molecule has 162 valence electrons. The number of carbonyl (C=O) groups is 1. The third kappa shape index (κ3) is 6.97. The van der Waals surface area contributed by atoms with Crippen LogP contribution in [0.1, 0.15) is 12.8 Å². The van der Waals surface area contributed by atoms with Gasteiger partial charge < -0.3 is 24.4 Å². The van der Waals surface area contributed by atoms with Crippen molar-refractivity contribution in [2.75, 3.05) is 64.5 Å². The molecule has 0 aromatic heterocycles. The average molecular weight is 417 g/mol. The average Bonchev–Trinajstić information content (AvgIpc) is 2.92. The number of halogens is 3. The van der Waals surface area contributed by atoms with Gasteiger partial charge in [-0.05, 0) is 18.6 Å². The largest absolute Gasteiger partial charge is 0.490 e. The van der Waals surface area contributed by atoms with Crippen molar-refractivity contribution < 1.29 is 32.2 Å². The first-order chi connectivity index (χ1) is 13.9. The Balaban J connectivity index is 1.37. The third-order valence-corrected chi connectivity index (χ3v) is 4.69. The Hall–Kier alpha value is -2.20. The van der Waals surface area contributed by atoms with Gasteiger partial charge in [-0.3, -0.25) is 4.90 Å². The molecule has 2 aliphatic rings. The molecule has 0 bridgehead atoms. The number of rotatable bonds is 6. The highest BCUT2D eigenvalue weighted by Gasteiger charge is 2.27. The van der Waals surface area contributed by atoms with Gasteiger partial charge in [-0.15, -0.1) is 0 Å². The predicted molar refractivity (Wildman–Crippen MR) is 101 cm³/mol. The van der Waals surface area contributed by atoms with E-state index in [2.05, 4.69) is 15.0 Å². The van der Waals surface area contributed by atoms with Gasteiger partial charge in [-0.25, -0.2) is 4.79 Å². The maximum Gasteiger partial charge on any atom is 0.411 e. The summed E-state index contributed by atoms with van der Waals surface area (Å²) in [5, 5.41) is 2.88. The highest BCUT2D eigenvalue weighted by molar-refractivity contribution is 5.89. The van der Waals surface area contributed by atoms with Gasteiger partial charge in [0.25, 0.3) is 0 Å². The van der Waals surface area contributed by atoms with Crippen LogP contribution >= 0.6 is 0 Å². The molecule has 1 saturated heterocycles. The fourth-order valence-corrected chi connectivity index (χ4v) is 3.20. The quantitative estimate of drug-likeness (QED) is 0.721. The van der Waals surface area contributed by atoms with Gasteiger partial charge >= 0.3 is 12.2 Å². The lowest BCUT2D eigenvalue weighted by Gasteiger charge is -2.34. The smallest absolute Gasteiger partial charge is 0.411 e. The van der Waals surface area contributed by atoms with Crippen molar-refractivity contribution in [2.24, 2.45) is 0 Å². The van der Waals surface area contributed by atoms with Crippen molar-refractivity contribution in [3.8, 4) is 11.5 Å². The van der Waals surface area contributed by atoms with Crippen molar-refractivity contribution in [1.29, 1.82) is 0 Å². The van der Waals surface area contributed by atoms with E-state index < -0.39 is 12.8 Å². The van der Waals surface area contributed by atoms with Crippen molar-refractivity contribution in [3.63, 3.8) is 0 Å². The molecular formula is C19H26F3N3O4. The standard InChI is InChI=1S/C19H26F3N3O4/c20-19(21,22)14-27-10-1-5-24-6-8-25(9-7-24)18(26)23-15-3-4-16-17(13-15)29-12-2-11-28-16/h3-4,13H,1-2,5-12,14H2,(H,23,26). The predicted octanol–water partition coefficient (Wildman–Crippen LogP) is 2.97. The van der Waals surface area contributed by atoms with Crippen LogP contribution < -0.4 is 14.8 Å². The number of nitrogens with zero attached hydrogens (tertiary/aromatic N) is 2. The van der Waals surface area contributed by atoms with Crippen LogP contribution in [0.2, 0.25) is 0 Å². The molecule has 0 atom stereocenters. The minimum Gasteiger partial charge on any atom is -0.490 e. The van der Waals surface area contributed by atoms with E-state index in [0.29, 0.717) is 69.5 Å². The minimum absolute atomic E-state index is 0.0737. The number of urea groups is 1. The van der Waals surface area contributed by atoms with Crippen LogP contribution in [-0.2, 0) is 4.74 Å². The molecule has 2 heterocycles. The molecule has 7 nitrogen and oxygen atoms in total. The number of hydrogen-bond acceptors (Lipinski definition) is 5. The van der Waals surface area contributed by atoms with E-state index in [1.165, 1.54) is 0 Å². The first kappa shape index (κ1) is 21.5. The van der Waals surface area contributed by atoms with E-state index in [-0.39, 0.29) is 12.6 Å². The Morgan fingerprint density at radius 1 is 1.10 bits per heavy atom. The van der Waals surface area contributed by atoms with Crippen molar-refractivity contribution >= 4 is 11.7 Å². The SMILES string of the molecule is O=C(Nc1ccc2c(c1)OCCCO2)N1CCN(CCCOCC(F)(F)F)CC1. The molecule has 1 aromatic rings. The molecule has 1 N–H and O–H groups in total. The van der Waals surface area contributed by atoms with Crippen LogP contribution in [0.15, 0.2) is 18.2 Å². The molecule has 0 spiro atoms. The summed E-state index contributed by atoms with van der Waals surface area (Å²) in [5.74, 6) is 1.30. The zero-order valence-electron chi connectivity index (χ0n) is 16.2. The van der Waals surface area contributed by atoms with Gasteiger partial charge in [-0.2, -0.15) is 13.2 Å². The van der Waals surface area contributed by atoms with Crippen LogP contribution in [0.25, 0.3) is 0 Å². The Bertz CT molecular complexity index is 679. The van der Waals surface area contributed by atoms with Gasteiger partial charge in [-0.1, -0.05) is 0 Å². The molecule has 0 saturated carbocycles. The number of nitrogens with one attached hydrogen (secondary N) is 1. The molecule has 0 radical (unpaired) electrons. The summed E-state index contributed by atoms with van der Waals surface area (Å²) in [6, 6.07) is 5.14. The van der Waals surface area contributed by atoms with Gasteiger partial charge in [0, 0.05) is 57.5 Å². The Morgan fingerprint density at radius 2 is 1.83 bits per heavy atom. The lowest BCUT2D eigenvalue weighted by molar-refractivity contribution is -0.174. The Kier molecular flexibility index (Phi) is 7.43. The molecule has 3 rings (SSSR count). The summed E-state index contributed by atoms with van der Waals surface area (Å²) in [6.45, 7) is 3.16. The summed E-state index contributed by atoms with van der Waals surface area (Å²) >= 11 is 0. The number of amides is 2. The van der Waals surface area contributed by atoms with Gasteiger partial charge in [0.1, 0.15) is 6.61 Å². The zero-order chi connectivity index (χ0) is 20.7. The molecule has 29 heavy (non-hydrogen) atoms. The van der Waals surface area contributed by atoms with Gasteiger partial charge in [0.15, 0.2) is 11.5 Å². The third-order valence-electron chi connectivity index (χ3n) is 4.69. The summed E-state index contributed by atoms with van der Waals surface area (Å²) in [7, 11) is 0. The lowest BCUT2D eigenvalue weighted by Crippen LogP contribution is -2.50. The molecule has 2 aliphatic heterocycles. The maximum absolute atomic E-state index is 12.5. The Labute approximate surface area is 167 Å². The molecule has 1 aromatic carbocycles. The molecule has 10 heteroatoms. The van der Waals surface area contributed by atoms with Crippen LogP contribution in [-0.4, -0.2) is 81.2 Å². The van der Waals surface area contributed by atoms with E-state index in [9.17, 15) is 18.0 Å². The first-order valence-corrected chi connectivity index (χ1v) is 9.73. The maximum atomic E-state index is 12.5. The second kappa shape index (κ2) is 10.0. The van der Waals surface area contributed by atoms with E-state index in [0.717, 1.165) is 6.42 Å². The number of piperazine rings is 1. The topological polar surface area (TPSA) is 63.3 Å². The fourth-order valence-electron chi connectivity index (χ4n) is 3.20. The molecule has 0 aliphatic carbocycles. The number of hydrogen-bond donors (Lipinski definition) is 1. The van der Waals surface area contributed by atoms with Crippen LogP contribution in [0.5, 0.6) is 11.5 Å². The molecule has 1 fully saturated rings. The summed E-state index contributed by atoms with van der Waals surface area (Å²) in [4.78, 5) is 16.3. The van der Waals surface area contributed by atoms with Gasteiger partial charge in [0.05, 0.1) is 13.2 Å². The molecule has 0 unspecified atom stereocenters. The fraction of sp³-hybridized carbons (Fsp3) is 0.632. The van der Waals surface area contributed by atoms with Gasteiger partial charge in [0.2, 0.25) is 0 Å². The summed E-state index contributed by atoms with van der Waals surface area (Å²) < 4.78 is 51.9. The van der Waals surface area contributed by atoms with E-state index in [1.807, 2.05) is 0 Å². The number of ether oxygens (including phenoxy) is 3. The zero-order valence-corrected chi connectivity index (χ0v) is 16.2. The number of anilines is 1. The number of alkyl halides is 3. The van der Waals surface area contributed by atoms with Crippen molar-refractivity contribution in [1.82, 2.24) is 9.80 Å². The molecule has 2 amide bonds. The summed E-state index contributed by atoms with van der Waals surface area (Å²) in [6.07, 6.45) is -2.94. The first-order valence-electron chi connectivity index (χ1n) is 9.73. The van der Waals surface area contributed by atoms with Crippen LogP contribution in [0.3, 0.4) is 0 Å². The lowest BCUT2D eigenvalue weighted by atomic mass is 10.2. The number of fused-ring (bicyclic) bond motifs is 1. The van der Waals surface area contributed by atoms with E-state index in [4.69, 9.17) is 9.47 Å². The highest BCUT2D eigenvalue weighted by atomic mass is 19.4. The molecular weight excluding hydrogens is 391 g/mol. The normalized spacial score (nSPS) is 17.7. The number of carbonyl (C=O) groups excluding carboxylic acids is 1. The second-order valence-electron chi connectivity index (χ2n) is 6.99. The second-order valence-corrected chi connectivity index (χ2v) is 6.99.